The van der Waals surface area contributed by atoms with Crippen LogP contribution in [0.25, 0.3) is 0 Å². The number of likely N-dealkylation sites (tertiary alicyclic amines) is 2. The fraction of sp³-hybridized carbons (Fsp3) is 0.818. The van der Waals surface area contributed by atoms with E-state index in [2.05, 4.69) is 0 Å². The van der Waals surface area contributed by atoms with Gasteiger partial charge >= 0.3 is 11.9 Å². The Labute approximate surface area is 182 Å². The van der Waals surface area contributed by atoms with Gasteiger partial charge in [-0.2, -0.15) is 0 Å². The molecule has 0 aromatic rings. The Morgan fingerprint density at radius 2 is 1.61 bits per heavy atom. The van der Waals surface area contributed by atoms with Crippen molar-refractivity contribution in [1.29, 1.82) is 0 Å². The van der Waals surface area contributed by atoms with E-state index in [1.54, 1.807) is 39.5 Å². The average Bonchev–Trinajstić information content (AvgIpc) is 3.21. The van der Waals surface area contributed by atoms with Crippen LogP contribution in [-0.4, -0.2) is 75.1 Å². The third-order valence-corrected chi connectivity index (χ3v) is 6.46. The quantitative estimate of drug-likeness (QED) is 0.626. The van der Waals surface area contributed by atoms with Crippen LogP contribution < -0.4 is 0 Å². The van der Waals surface area contributed by atoms with Gasteiger partial charge in [-0.25, -0.2) is 9.18 Å². The normalized spacial score (nSPS) is 26.9. The lowest BCUT2D eigenvalue weighted by Crippen LogP contribution is -2.48. The zero-order valence-corrected chi connectivity index (χ0v) is 19.1. The molecular formula is C22H35FN2O6. The molecule has 2 heterocycles. The fourth-order valence-corrected chi connectivity index (χ4v) is 4.70. The molecule has 176 valence electrons. The van der Waals surface area contributed by atoms with Crippen LogP contribution >= 0.6 is 0 Å². The van der Waals surface area contributed by atoms with Gasteiger partial charge in [0.1, 0.15) is 12.2 Å². The number of amides is 2. The summed E-state index contributed by atoms with van der Waals surface area (Å²) in [5.74, 6) is -3.70. The summed E-state index contributed by atoms with van der Waals surface area (Å²) in [6.45, 7) is 8.67. The van der Waals surface area contributed by atoms with Crippen molar-refractivity contribution in [3.8, 4) is 0 Å². The highest BCUT2D eigenvalue weighted by Crippen LogP contribution is 2.38. The monoisotopic (exact) mass is 442 g/mol. The highest BCUT2D eigenvalue weighted by Gasteiger charge is 2.50. The third kappa shape index (κ3) is 5.54. The van der Waals surface area contributed by atoms with E-state index >= 15 is 0 Å². The number of carboxylic acid groups (broad SMARTS) is 2. The molecule has 2 amide bonds. The summed E-state index contributed by atoms with van der Waals surface area (Å²) in [6.07, 6.45) is 0.164. The van der Waals surface area contributed by atoms with Gasteiger partial charge in [0.25, 0.3) is 0 Å². The van der Waals surface area contributed by atoms with Gasteiger partial charge in [0, 0.05) is 29.3 Å². The van der Waals surface area contributed by atoms with Gasteiger partial charge in [-0.05, 0) is 25.7 Å². The second-order valence-corrected chi connectivity index (χ2v) is 10.5. The number of hydrogen-bond acceptors (Lipinski definition) is 4. The molecule has 2 rings (SSSR count). The molecule has 31 heavy (non-hydrogen) atoms. The zero-order valence-electron chi connectivity index (χ0n) is 19.1. The van der Waals surface area contributed by atoms with Gasteiger partial charge in [-0.1, -0.05) is 34.6 Å². The van der Waals surface area contributed by atoms with Crippen LogP contribution in [0.3, 0.4) is 0 Å². The number of nitrogens with zero attached hydrogens (tertiary/aromatic N) is 2. The molecule has 2 aliphatic heterocycles. The van der Waals surface area contributed by atoms with Gasteiger partial charge in [0.2, 0.25) is 11.8 Å². The van der Waals surface area contributed by atoms with E-state index in [0.29, 0.717) is 13.0 Å². The Morgan fingerprint density at radius 1 is 1.00 bits per heavy atom. The topological polar surface area (TPSA) is 115 Å². The van der Waals surface area contributed by atoms with Gasteiger partial charge in [0.05, 0.1) is 13.0 Å². The molecule has 0 spiro atoms. The molecule has 2 saturated heterocycles. The van der Waals surface area contributed by atoms with Crippen LogP contribution in [0.5, 0.6) is 0 Å². The van der Waals surface area contributed by atoms with Crippen molar-refractivity contribution in [3.05, 3.63) is 0 Å². The number of carboxylic acids is 2. The minimum Gasteiger partial charge on any atom is -0.481 e. The molecular weight excluding hydrogens is 407 g/mol. The predicted molar refractivity (Wildman–Crippen MR) is 111 cm³/mol. The van der Waals surface area contributed by atoms with Crippen molar-refractivity contribution in [2.45, 2.75) is 85.0 Å². The van der Waals surface area contributed by atoms with Crippen LogP contribution in [0.4, 0.5) is 4.39 Å². The number of aliphatic carboxylic acids is 2. The molecule has 0 radical (unpaired) electrons. The molecule has 0 aromatic carbocycles. The Hall–Kier alpha value is -2.19. The van der Waals surface area contributed by atoms with Crippen molar-refractivity contribution in [3.63, 3.8) is 0 Å². The smallest absolute Gasteiger partial charge is 0.326 e. The fourth-order valence-electron chi connectivity index (χ4n) is 4.70. The van der Waals surface area contributed by atoms with Crippen LogP contribution in [0.1, 0.15) is 66.7 Å². The number of alkyl halides is 1. The van der Waals surface area contributed by atoms with Crippen molar-refractivity contribution in [1.82, 2.24) is 9.80 Å². The number of hydrogen-bond donors (Lipinski definition) is 2. The highest BCUT2D eigenvalue weighted by molar-refractivity contribution is 5.88. The third-order valence-electron chi connectivity index (χ3n) is 6.46. The molecule has 0 saturated carbocycles. The summed E-state index contributed by atoms with van der Waals surface area (Å²) in [7, 11) is 0. The van der Waals surface area contributed by atoms with E-state index in [0.717, 1.165) is 11.3 Å². The molecule has 0 unspecified atom stereocenters. The maximum atomic E-state index is 14.9. The summed E-state index contributed by atoms with van der Waals surface area (Å²) in [5.41, 5.74) is -1.72. The summed E-state index contributed by atoms with van der Waals surface area (Å²) in [6, 6.07) is -1.62. The van der Waals surface area contributed by atoms with E-state index in [1.807, 2.05) is 0 Å². The van der Waals surface area contributed by atoms with Crippen LogP contribution in [0, 0.1) is 16.7 Å². The van der Waals surface area contributed by atoms with Crippen molar-refractivity contribution in [2.75, 3.05) is 13.1 Å². The Balaban J connectivity index is 2.12. The van der Waals surface area contributed by atoms with Crippen molar-refractivity contribution < 1.29 is 33.8 Å². The van der Waals surface area contributed by atoms with E-state index in [4.69, 9.17) is 5.11 Å². The molecule has 2 fully saturated rings. The predicted octanol–water partition coefficient (Wildman–Crippen LogP) is 2.55. The number of rotatable bonds is 7. The molecule has 0 aromatic heterocycles. The average molecular weight is 443 g/mol. The highest BCUT2D eigenvalue weighted by atomic mass is 19.1. The molecule has 2 aliphatic rings. The number of carbonyl (C=O) groups excluding carboxylic acids is 2. The van der Waals surface area contributed by atoms with E-state index in [-0.39, 0.29) is 37.8 Å². The van der Waals surface area contributed by atoms with Crippen molar-refractivity contribution in [2.24, 2.45) is 16.7 Å². The summed E-state index contributed by atoms with van der Waals surface area (Å²) >= 11 is 0. The summed E-state index contributed by atoms with van der Waals surface area (Å²) < 4.78 is 14.9. The van der Waals surface area contributed by atoms with Gasteiger partial charge in [-0.3, -0.25) is 14.4 Å². The molecule has 9 heteroatoms. The minimum atomic E-state index is -1.48. The maximum Gasteiger partial charge on any atom is 0.326 e. The zero-order chi connectivity index (χ0) is 23.7. The Bertz CT molecular complexity index is 732. The Morgan fingerprint density at radius 3 is 2.13 bits per heavy atom. The molecule has 4 atom stereocenters. The summed E-state index contributed by atoms with van der Waals surface area (Å²) in [5, 5.41) is 18.8. The van der Waals surface area contributed by atoms with Crippen LogP contribution in [0.15, 0.2) is 0 Å². The second-order valence-electron chi connectivity index (χ2n) is 10.5. The first-order valence-corrected chi connectivity index (χ1v) is 10.9. The number of halogens is 1. The first-order chi connectivity index (χ1) is 14.2. The SMILES string of the molecule is CC(C)(C)C(=O)N1C[C@@H](F)[C@H](CCC(C)(C)C(=O)N2CCC[C@H]2CC(=O)O)[C@H]1C(=O)O. The lowest BCUT2D eigenvalue weighted by molar-refractivity contribution is -0.153. The standard InChI is InChI=1S/C22H35FN2O6/c1-21(2,3)19(30)25-12-15(23)14(17(25)18(28)29)8-9-22(4,5)20(31)24-10-6-7-13(24)11-16(26)27/h13-15,17H,6-12H2,1-5H3,(H,26,27)(H,28,29)/t13-,14-,15+,17-/m0/s1. The van der Waals surface area contributed by atoms with Crippen LogP contribution in [-0.2, 0) is 19.2 Å². The molecule has 0 bridgehead atoms. The van der Waals surface area contributed by atoms with Crippen LogP contribution in [0.2, 0.25) is 0 Å². The summed E-state index contributed by atoms with van der Waals surface area (Å²) in [4.78, 5) is 51.5. The van der Waals surface area contributed by atoms with E-state index in [9.17, 15) is 28.7 Å². The first kappa shape index (κ1) is 25.1. The molecule has 8 nitrogen and oxygen atoms in total. The maximum absolute atomic E-state index is 14.9. The molecule has 2 N–H and O–H groups in total. The molecule has 0 aliphatic carbocycles. The lowest BCUT2D eigenvalue weighted by atomic mass is 9.80. The van der Waals surface area contributed by atoms with E-state index < -0.39 is 46.8 Å². The minimum absolute atomic E-state index is 0.109. The largest absolute Gasteiger partial charge is 0.481 e. The number of carbonyl (C=O) groups is 4. The van der Waals surface area contributed by atoms with Gasteiger partial charge in [0.15, 0.2) is 0 Å². The van der Waals surface area contributed by atoms with Gasteiger partial charge in [-0.15, -0.1) is 0 Å². The first-order valence-electron chi connectivity index (χ1n) is 10.9. The lowest BCUT2D eigenvalue weighted by Gasteiger charge is -2.34. The van der Waals surface area contributed by atoms with Gasteiger partial charge < -0.3 is 20.0 Å². The second kappa shape index (κ2) is 9.12. The Kier molecular flexibility index (Phi) is 7.38. The van der Waals surface area contributed by atoms with Crippen molar-refractivity contribution >= 4 is 23.8 Å². The van der Waals surface area contributed by atoms with E-state index in [1.165, 1.54) is 0 Å².